The molecule has 1 saturated heterocycles. The molecule has 8 rings (SSSR count). The molecule has 0 spiro atoms. The van der Waals surface area contributed by atoms with E-state index in [2.05, 4.69) is 38.2 Å². The van der Waals surface area contributed by atoms with Crippen molar-refractivity contribution in [3.05, 3.63) is 116 Å². The molecule has 3 aliphatic carbocycles. The van der Waals surface area contributed by atoms with Gasteiger partial charge in [0.25, 0.3) is 0 Å². The summed E-state index contributed by atoms with van der Waals surface area (Å²) >= 11 is 0. The maximum absolute atomic E-state index is 13.5. The maximum Gasteiger partial charge on any atom is 0.305 e. The SMILES string of the molecule is CCC1=C(C)C2=NC1=CC1=C(C)C3=C(O)CC(=C4NC(=CC5=NC(=C2)C(C2C=CCC6C(=O)C=CC(=O)C26)=C5C)[C@@H](C)[C@@H]4CCC(=O)OC)C3=N1. The van der Waals surface area contributed by atoms with Gasteiger partial charge in [-0.2, -0.15) is 0 Å². The minimum atomic E-state index is -0.496. The van der Waals surface area contributed by atoms with E-state index in [0.29, 0.717) is 25.0 Å². The smallest absolute Gasteiger partial charge is 0.305 e. The highest BCUT2D eigenvalue weighted by molar-refractivity contribution is 6.21. The molecule has 0 aromatic heterocycles. The lowest BCUT2D eigenvalue weighted by molar-refractivity contribution is -0.140. The fraction of sp³-hybridized carbons (Fsp3) is 0.381. The van der Waals surface area contributed by atoms with Crippen LogP contribution in [0.25, 0.3) is 0 Å². The van der Waals surface area contributed by atoms with Crippen molar-refractivity contribution < 1.29 is 24.2 Å². The number of aliphatic imine (C=N–C) groups is 3. The Labute approximate surface area is 297 Å². The molecule has 9 nitrogen and oxygen atoms in total. The van der Waals surface area contributed by atoms with Crippen LogP contribution in [0.15, 0.2) is 131 Å². The molecule has 0 saturated carbocycles. The first-order valence-electron chi connectivity index (χ1n) is 18.0. The molecule has 5 heterocycles. The van der Waals surface area contributed by atoms with Gasteiger partial charge in [-0.25, -0.2) is 15.0 Å². The van der Waals surface area contributed by atoms with Crippen molar-refractivity contribution >= 4 is 34.7 Å². The van der Waals surface area contributed by atoms with E-state index >= 15 is 0 Å². The largest absolute Gasteiger partial charge is 0.511 e. The predicted octanol–water partition coefficient (Wildman–Crippen LogP) is 7.13. The number of fused-ring (bicyclic) bond motifs is 6. The van der Waals surface area contributed by atoms with Gasteiger partial charge in [0.05, 0.1) is 41.3 Å². The van der Waals surface area contributed by atoms with E-state index in [4.69, 9.17) is 19.7 Å². The Morgan fingerprint density at radius 3 is 2.49 bits per heavy atom. The number of ketones is 2. The third-order valence-electron chi connectivity index (χ3n) is 12.0. The van der Waals surface area contributed by atoms with Gasteiger partial charge in [-0.15, -0.1) is 0 Å². The summed E-state index contributed by atoms with van der Waals surface area (Å²) in [5.41, 5.74) is 13.2. The highest BCUT2D eigenvalue weighted by Gasteiger charge is 2.45. The number of hydrogen-bond donors (Lipinski definition) is 2. The van der Waals surface area contributed by atoms with Crippen molar-refractivity contribution in [1.29, 1.82) is 0 Å². The zero-order chi connectivity index (χ0) is 35.9. The summed E-state index contributed by atoms with van der Waals surface area (Å²) in [6.07, 6.45) is 15.6. The molecule has 0 aromatic rings. The first-order chi connectivity index (χ1) is 24.5. The Hall–Kier alpha value is -5.18. The molecule has 5 atom stereocenters. The number of allylic oxidation sites excluding steroid dienone is 16. The standard InChI is InChI=1S/C42H42N4O5/c1-7-23-19(2)28-18-33-38(26-10-8-9-25-34(47)12-13-35(48)40(25)26)21(4)30(44-33)16-29-20(3)24(11-14-37(50)51-6)41(45-29)27-15-36(49)39-22(5)31(46-42(27)39)17-32(23)43-28/h8,10,12-13,16-18,20,24-26,40,45,49H,7,9,11,14-15H2,1-6H3/t20-,24-,25?,26?,40?/m0/s1. The number of esters is 1. The highest BCUT2D eigenvalue weighted by Crippen LogP contribution is 2.48. The Morgan fingerprint density at radius 1 is 0.980 bits per heavy atom. The second kappa shape index (κ2) is 12.2. The van der Waals surface area contributed by atoms with Crippen molar-refractivity contribution in [3.8, 4) is 0 Å². The highest BCUT2D eigenvalue weighted by atomic mass is 16.5. The van der Waals surface area contributed by atoms with E-state index in [1.165, 1.54) is 19.3 Å². The Kier molecular flexibility index (Phi) is 7.92. The lowest BCUT2D eigenvalue weighted by atomic mass is 9.66. The summed E-state index contributed by atoms with van der Waals surface area (Å²) in [5, 5.41) is 15.1. The summed E-state index contributed by atoms with van der Waals surface area (Å²) in [4.78, 5) is 54.4. The zero-order valence-corrected chi connectivity index (χ0v) is 29.9. The number of rotatable bonds is 5. The molecule has 8 aliphatic rings. The van der Waals surface area contributed by atoms with Crippen molar-refractivity contribution in [2.45, 2.75) is 66.7 Å². The van der Waals surface area contributed by atoms with Crippen molar-refractivity contribution in [1.82, 2.24) is 5.32 Å². The van der Waals surface area contributed by atoms with Gasteiger partial charge in [-0.1, -0.05) is 26.0 Å². The lowest BCUT2D eigenvalue weighted by Crippen LogP contribution is -2.39. The lowest BCUT2D eigenvalue weighted by Gasteiger charge is -2.35. The van der Waals surface area contributed by atoms with Gasteiger partial charge in [-0.3, -0.25) is 14.4 Å². The number of methoxy groups -OCH3 is 1. The quantitative estimate of drug-likeness (QED) is 0.235. The first-order valence-corrected chi connectivity index (χ1v) is 18.0. The molecule has 51 heavy (non-hydrogen) atoms. The molecule has 0 aromatic carbocycles. The van der Waals surface area contributed by atoms with Crippen molar-refractivity contribution in [2.24, 2.45) is 44.6 Å². The summed E-state index contributed by atoms with van der Waals surface area (Å²) in [7, 11) is 1.41. The molecule has 260 valence electrons. The number of ether oxygens (including phenoxy) is 1. The van der Waals surface area contributed by atoms with Crippen molar-refractivity contribution in [3.63, 3.8) is 0 Å². The molecule has 8 bridgehead atoms. The third kappa shape index (κ3) is 5.11. The minimum absolute atomic E-state index is 0.00820. The average Bonchev–Trinajstić information content (AvgIpc) is 3.87. The van der Waals surface area contributed by atoms with E-state index < -0.39 is 11.8 Å². The van der Waals surface area contributed by atoms with Crippen LogP contribution in [0.3, 0.4) is 0 Å². The monoisotopic (exact) mass is 682 g/mol. The molecule has 9 heteroatoms. The van der Waals surface area contributed by atoms with Crippen LogP contribution in [0, 0.1) is 29.6 Å². The van der Waals surface area contributed by atoms with Crippen LogP contribution in [-0.4, -0.2) is 46.9 Å². The molecule has 0 radical (unpaired) electrons. The normalized spacial score (nSPS) is 29.4. The van der Waals surface area contributed by atoms with E-state index in [1.807, 2.05) is 32.1 Å². The van der Waals surface area contributed by atoms with E-state index in [-0.39, 0.29) is 41.7 Å². The number of nitrogens with one attached hydrogen (secondary N) is 1. The summed E-state index contributed by atoms with van der Waals surface area (Å²) in [6, 6.07) is 0. The number of aliphatic hydroxyl groups is 1. The molecule has 5 aliphatic heterocycles. The fourth-order valence-corrected chi connectivity index (χ4v) is 9.15. The van der Waals surface area contributed by atoms with E-state index in [9.17, 15) is 19.5 Å². The molecular weight excluding hydrogens is 640 g/mol. The Balaban J connectivity index is 1.35. The number of carbonyl (C=O) groups is 3. The minimum Gasteiger partial charge on any atom is -0.511 e. The van der Waals surface area contributed by atoms with Crippen LogP contribution in [0.4, 0.5) is 0 Å². The van der Waals surface area contributed by atoms with Gasteiger partial charge >= 0.3 is 5.97 Å². The van der Waals surface area contributed by atoms with Crippen LogP contribution >= 0.6 is 0 Å². The molecule has 2 N–H and O–H groups in total. The van der Waals surface area contributed by atoms with Crippen LogP contribution in [0.2, 0.25) is 0 Å². The van der Waals surface area contributed by atoms with Gasteiger partial charge in [0.2, 0.25) is 0 Å². The molecule has 3 unspecified atom stereocenters. The van der Waals surface area contributed by atoms with Crippen LogP contribution < -0.4 is 5.32 Å². The molecule has 1 fully saturated rings. The predicted molar refractivity (Wildman–Crippen MR) is 197 cm³/mol. The Bertz CT molecular complexity index is 2170. The maximum atomic E-state index is 13.5. The number of hydrogen-bond acceptors (Lipinski definition) is 9. The first kappa shape index (κ1) is 33.0. The van der Waals surface area contributed by atoms with Crippen molar-refractivity contribution in [2.75, 3.05) is 7.11 Å². The molecular formula is C42H42N4O5. The number of aliphatic hydroxyl groups excluding tert-OH is 1. The summed E-state index contributed by atoms with van der Waals surface area (Å²) in [6.45, 7) is 10.4. The molecule has 0 amide bonds. The van der Waals surface area contributed by atoms with Gasteiger partial charge < -0.3 is 15.2 Å². The second-order valence-corrected chi connectivity index (χ2v) is 14.6. The van der Waals surface area contributed by atoms with E-state index in [0.717, 1.165) is 91.1 Å². The number of nitrogens with zero attached hydrogens (tertiary/aromatic N) is 3. The number of carbonyl (C=O) groups excluding carboxylic acids is 3. The third-order valence-corrected chi connectivity index (χ3v) is 12.0. The summed E-state index contributed by atoms with van der Waals surface area (Å²) < 4.78 is 5.02. The van der Waals surface area contributed by atoms with E-state index in [1.54, 1.807) is 0 Å². The van der Waals surface area contributed by atoms with Gasteiger partial charge in [0.15, 0.2) is 11.6 Å². The summed E-state index contributed by atoms with van der Waals surface area (Å²) in [5.74, 6) is -1.30. The van der Waals surface area contributed by atoms with Gasteiger partial charge in [0, 0.05) is 65.0 Å². The van der Waals surface area contributed by atoms with Crippen LogP contribution in [-0.2, 0) is 19.1 Å². The van der Waals surface area contributed by atoms with Gasteiger partial charge in [0.1, 0.15) is 5.76 Å². The van der Waals surface area contributed by atoms with Gasteiger partial charge in [-0.05, 0) is 98.3 Å². The second-order valence-electron chi connectivity index (χ2n) is 14.6. The fourth-order valence-electron chi connectivity index (χ4n) is 9.15. The Morgan fingerprint density at radius 2 is 1.73 bits per heavy atom. The van der Waals surface area contributed by atoms with Crippen LogP contribution in [0.1, 0.15) is 66.7 Å². The topological polar surface area (TPSA) is 130 Å². The van der Waals surface area contributed by atoms with Crippen LogP contribution in [0.5, 0.6) is 0 Å². The zero-order valence-electron chi connectivity index (χ0n) is 29.9. The average molecular weight is 683 g/mol.